The molecule has 0 radical (unpaired) electrons. The van der Waals surface area contributed by atoms with Gasteiger partial charge in [-0.1, -0.05) is 28.1 Å². The van der Waals surface area contributed by atoms with Crippen LogP contribution in [0.25, 0.3) is 0 Å². The Morgan fingerprint density at radius 3 is 2.95 bits per heavy atom. The predicted molar refractivity (Wildman–Crippen MR) is 80.2 cm³/mol. The predicted octanol–water partition coefficient (Wildman–Crippen LogP) is 2.98. The van der Waals surface area contributed by atoms with Gasteiger partial charge in [0, 0.05) is 23.1 Å². The molecular weight excluding hydrogens is 306 g/mol. The molecule has 1 aliphatic rings. The van der Waals surface area contributed by atoms with Crippen LogP contribution in [0.3, 0.4) is 0 Å². The van der Waals surface area contributed by atoms with Crippen LogP contribution >= 0.6 is 15.9 Å². The van der Waals surface area contributed by atoms with Crippen molar-refractivity contribution in [1.29, 1.82) is 0 Å². The zero-order valence-corrected chi connectivity index (χ0v) is 13.2. The molecule has 1 fully saturated rings. The zero-order valence-electron chi connectivity index (χ0n) is 11.6. The van der Waals surface area contributed by atoms with Gasteiger partial charge in [-0.05, 0) is 38.0 Å². The number of hydrogen-bond donors (Lipinski definition) is 1. The maximum Gasteiger partial charge on any atom is 0.0802 e. The number of benzene rings is 1. The lowest BCUT2D eigenvalue weighted by Gasteiger charge is -2.42. The summed E-state index contributed by atoms with van der Waals surface area (Å²) in [5.41, 5.74) is 1.04. The summed E-state index contributed by atoms with van der Waals surface area (Å²) in [6.45, 7) is 7.77. The minimum absolute atomic E-state index is 0.0647. The van der Waals surface area contributed by atoms with Gasteiger partial charge in [0.25, 0.3) is 0 Å². The highest BCUT2D eigenvalue weighted by Gasteiger charge is 2.30. The van der Waals surface area contributed by atoms with Crippen LogP contribution < -0.4 is 0 Å². The van der Waals surface area contributed by atoms with E-state index in [0.717, 1.165) is 42.8 Å². The van der Waals surface area contributed by atoms with Gasteiger partial charge in [0.2, 0.25) is 0 Å². The molecule has 0 saturated carbocycles. The summed E-state index contributed by atoms with van der Waals surface area (Å²) in [7, 11) is 0. The molecule has 0 aromatic heterocycles. The Morgan fingerprint density at radius 2 is 2.26 bits per heavy atom. The summed E-state index contributed by atoms with van der Waals surface area (Å²) >= 11 is 3.44. The fourth-order valence-corrected chi connectivity index (χ4v) is 2.88. The highest BCUT2D eigenvalue weighted by molar-refractivity contribution is 9.10. The molecule has 106 valence electrons. The second kappa shape index (κ2) is 6.35. The van der Waals surface area contributed by atoms with Crippen LogP contribution in [-0.4, -0.2) is 41.8 Å². The first-order valence-electron chi connectivity index (χ1n) is 6.75. The lowest BCUT2D eigenvalue weighted by molar-refractivity contribution is -0.0552. The van der Waals surface area contributed by atoms with Gasteiger partial charge in [-0.15, -0.1) is 0 Å². The van der Waals surface area contributed by atoms with E-state index >= 15 is 0 Å². The van der Waals surface area contributed by atoms with E-state index in [2.05, 4.69) is 34.7 Å². The van der Waals surface area contributed by atoms with E-state index in [1.807, 2.05) is 24.3 Å². The van der Waals surface area contributed by atoms with Gasteiger partial charge in [0.05, 0.1) is 19.3 Å². The van der Waals surface area contributed by atoms with Crippen LogP contribution in [-0.2, 0) is 4.74 Å². The maximum atomic E-state index is 10.3. The van der Waals surface area contributed by atoms with Crippen molar-refractivity contribution in [2.24, 2.45) is 0 Å². The molecule has 1 N–H and O–H groups in total. The molecule has 0 aliphatic carbocycles. The van der Waals surface area contributed by atoms with Crippen LogP contribution in [0.4, 0.5) is 0 Å². The van der Waals surface area contributed by atoms with Gasteiger partial charge in [-0.2, -0.15) is 0 Å². The molecule has 0 spiro atoms. The van der Waals surface area contributed by atoms with Crippen LogP contribution in [0, 0.1) is 0 Å². The molecule has 1 aromatic rings. The van der Waals surface area contributed by atoms with Crippen LogP contribution in [0.2, 0.25) is 0 Å². The minimum atomic E-state index is -0.406. The highest BCUT2D eigenvalue weighted by atomic mass is 79.9. The molecule has 1 heterocycles. The average molecular weight is 328 g/mol. The summed E-state index contributed by atoms with van der Waals surface area (Å²) < 4.78 is 6.52. The third-order valence-electron chi connectivity index (χ3n) is 3.72. The largest absolute Gasteiger partial charge is 0.388 e. The van der Waals surface area contributed by atoms with Crippen LogP contribution in [0.5, 0.6) is 0 Å². The fourth-order valence-electron chi connectivity index (χ4n) is 2.46. The van der Waals surface area contributed by atoms with E-state index in [4.69, 9.17) is 4.74 Å². The molecule has 0 bridgehead atoms. The Labute approximate surface area is 123 Å². The van der Waals surface area contributed by atoms with Gasteiger partial charge in [0.1, 0.15) is 0 Å². The molecule has 2 rings (SSSR count). The first-order chi connectivity index (χ1) is 8.99. The molecular formula is C15H22BrNO2. The number of halogens is 1. The Hall–Kier alpha value is -0.420. The van der Waals surface area contributed by atoms with Gasteiger partial charge >= 0.3 is 0 Å². The minimum Gasteiger partial charge on any atom is -0.388 e. The molecule has 1 unspecified atom stereocenters. The lowest BCUT2D eigenvalue weighted by Crippen LogP contribution is -2.53. The monoisotopic (exact) mass is 327 g/mol. The standard InChI is InChI=1S/C15H22BrNO2/c1-15(2)11-19-9-8-17(15)7-6-14(18)12-4-3-5-13(16)10-12/h3-5,10,14,18H,6-9,11H2,1-2H3. The smallest absolute Gasteiger partial charge is 0.0802 e. The quantitative estimate of drug-likeness (QED) is 0.922. The van der Waals surface area contributed by atoms with E-state index < -0.39 is 6.10 Å². The van der Waals surface area contributed by atoms with Gasteiger partial charge in [0.15, 0.2) is 0 Å². The fraction of sp³-hybridized carbons (Fsp3) is 0.600. The topological polar surface area (TPSA) is 32.7 Å². The van der Waals surface area contributed by atoms with Crippen molar-refractivity contribution in [1.82, 2.24) is 4.90 Å². The van der Waals surface area contributed by atoms with Crippen molar-refractivity contribution >= 4 is 15.9 Å². The normalized spacial score (nSPS) is 21.3. The molecule has 1 aromatic carbocycles. The second-order valence-electron chi connectivity index (χ2n) is 5.71. The molecule has 4 heteroatoms. The Balaban J connectivity index is 1.91. The van der Waals surface area contributed by atoms with Crippen molar-refractivity contribution in [2.45, 2.75) is 31.9 Å². The van der Waals surface area contributed by atoms with Crippen LogP contribution in [0.1, 0.15) is 31.9 Å². The number of ether oxygens (including phenoxy) is 1. The molecule has 1 saturated heterocycles. The molecule has 1 aliphatic heterocycles. The third-order valence-corrected chi connectivity index (χ3v) is 4.22. The zero-order chi connectivity index (χ0) is 13.9. The average Bonchev–Trinajstić information content (AvgIpc) is 2.36. The van der Waals surface area contributed by atoms with Crippen molar-refractivity contribution in [3.63, 3.8) is 0 Å². The maximum absolute atomic E-state index is 10.3. The number of nitrogens with zero attached hydrogens (tertiary/aromatic N) is 1. The molecule has 3 nitrogen and oxygen atoms in total. The van der Waals surface area contributed by atoms with E-state index in [9.17, 15) is 5.11 Å². The first kappa shape index (κ1) is 15.0. The number of hydrogen-bond acceptors (Lipinski definition) is 3. The molecule has 0 amide bonds. The Bertz CT molecular complexity index is 422. The molecule has 1 atom stereocenters. The summed E-state index contributed by atoms with van der Waals surface area (Å²) in [5.74, 6) is 0. The van der Waals surface area contributed by atoms with E-state index in [1.54, 1.807) is 0 Å². The van der Waals surface area contributed by atoms with Gasteiger partial charge < -0.3 is 9.84 Å². The van der Waals surface area contributed by atoms with E-state index in [-0.39, 0.29) is 5.54 Å². The van der Waals surface area contributed by atoms with Gasteiger partial charge in [-0.25, -0.2) is 0 Å². The number of morpholine rings is 1. The van der Waals surface area contributed by atoms with Crippen molar-refractivity contribution in [2.75, 3.05) is 26.3 Å². The number of rotatable bonds is 4. The van der Waals surface area contributed by atoms with Gasteiger partial charge in [-0.3, -0.25) is 4.90 Å². The lowest BCUT2D eigenvalue weighted by atomic mass is 10.0. The second-order valence-corrected chi connectivity index (χ2v) is 6.63. The summed E-state index contributed by atoms with van der Waals surface area (Å²) in [5, 5.41) is 10.3. The number of aliphatic hydroxyl groups is 1. The van der Waals surface area contributed by atoms with Crippen LogP contribution in [0.15, 0.2) is 28.7 Å². The van der Waals surface area contributed by atoms with E-state index in [1.165, 1.54) is 0 Å². The first-order valence-corrected chi connectivity index (χ1v) is 7.55. The summed E-state index contributed by atoms with van der Waals surface area (Å²) in [4.78, 5) is 2.40. The number of aliphatic hydroxyl groups excluding tert-OH is 1. The Kier molecular flexibility index (Phi) is 5.01. The van der Waals surface area contributed by atoms with Crippen molar-refractivity contribution in [3.8, 4) is 0 Å². The molecule has 19 heavy (non-hydrogen) atoms. The van der Waals surface area contributed by atoms with Crippen molar-refractivity contribution in [3.05, 3.63) is 34.3 Å². The third kappa shape index (κ3) is 4.02. The SMILES string of the molecule is CC1(C)COCCN1CCC(O)c1cccc(Br)c1. The van der Waals surface area contributed by atoms with E-state index in [0.29, 0.717) is 0 Å². The summed E-state index contributed by atoms with van der Waals surface area (Å²) in [6, 6.07) is 7.89. The van der Waals surface area contributed by atoms with Crippen molar-refractivity contribution < 1.29 is 9.84 Å². The summed E-state index contributed by atoms with van der Waals surface area (Å²) in [6.07, 6.45) is 0.344. The highest BCUT2D eigenvalue weighted by Crippen LogP contribution is 2.24. The Morgan fingerprint density at radius 1 is 1.47 bits per heavy atom.